The minimum atomic E-state index is -0.992. The lowest BCUT2D eigenvalue weighted by Gasteiger charge is -2.06. The van der Waals surface area contributed by atoms with E-state index < -0.39 is 12.3 Å². The van der Waals surface area contributed by atoms with Gasteiger partial charge in [-0.2, -0.15) is 0 Å². The molecule has 0 N–H and O–H groups in total. The standard InChI is InChI=1S/C7H10O5/c1-5-2-3-10-6(8)12-7(9)11-4-5/h5H,2-4H2,1H3. The maximum atomic E-state index is 10.6. The van der Waals surface area contributed by atoms with Crippen LogP contribution in [0.5, 0.6) is 0 Å². The van der Waals surface area contributed by atoms with Gasteiger partial charge in [0.05, 0.1) is 13.2 Å². The Hall–Kier alpha value is -1.26. The van der Waals surface area contributed by atoms with E-state index in [1.165, 1.54) is 0 Å². The Morgan fingerprint density at radius 3 is 2.67 bits per heavy atom. The van der Waals surface area contributed by atoms with Crippen molar-refractivity contribution in [2.24, 2.45) is 5.92 Å². The van der Waals surface area contributed by atoms with Crippen LogP contribution in [-0.4, -0.2) is 25.5 Å². The maximum Gasteiger partial charge on any atom is 0.518 e. The zero-order chi connectivity index (χ0) is 8.97. The molecule has 1 rings (SSSR count). The summed E-state index contributed by atoms with van der Waals surface area (Å²) in [6, 6.07) is 0. The lowest BCUT2D eigenvalue weighted by Crippen LogP contribution is -2.14. The quantitative estimate of drug-likeness (QED) is 0.409. The number of ether oxygens (including phenoxy) is 3. The number of hydrogen-bond acceptors (Lipinski definition) is 5. The van der Waals surface area contributed by atoms with E-state index in [9.17, 15) is 9.59 Å². The fourth-order valence-electron chi connectivity index (χ4n) is 0.764. The van der Waals surface area contributed by atoms with Gasteiger partial charge in [0.25, 0.3) is 0 Å². The van der Waals surface area contributed by atoms with Crippen LogP contribution in [0.3, 0.4) is 0 Å². The van der Waals surface area contributed by atoms with Gasteiger partial charge in [-0.1, -0.05) is 6.92 Å². The molecular formula is C7H10O5. The maximum absolute atomic E-state index is 10.6. The summed E-state index contributed by atoms with van der Waals surface area (Å²) in [6.45, 7) is 2.42. The van der Waals surface area contributed by atoms with E-state index in [4.69, 9.17) is 0 Å². The number of carbonyl (C=O) groups is 2. The molecule has 1 aliphatic rings. The van der Waals surface area contributed by atoms with Crippen molar-refractivity contribution in [1.82, 2.24) is 0 Å². The second kappa shape index (κ2) is 3.94. The van der Waals surface area contributed by atoms with Gasteiger partial charge in [0.2, 0.25) is 0 Å². The predicted octanol–water partition coefficient (Wildman–Crippen LogP) is 1.32. The summed E-state index contributed by atoms with van der Waals surface area (Å²) < 4.78 is 13.2. The van der Waals surface area contributed by atoms with Crippen LogP contribution in [-0.2, 0) is 14.2 Å². The van der Waals surface area contributed by atoms with Crippen LogP contribution in [0.1, 0.15) is 13.3 Å². The highest BCUT2D eigenvalue weighted by atomic mass is 16.8. The number of cyclic esters (lactones) is 4. The highest BCUT2D eigenvalue weighted by Crippen LogP contribution is 2.06. The second-order valence-electron chi connectivity index (χ2n) is 2.66. The summed E-state index contributed by atoms with van der Waals surface area (Å²) in [5, 5.41) is 0. The summed E-state index contributed by atoms with van der Waals surface area (Å²) in [5.74, 6) is 0.184. The minimum Gasteiger partial charge on any atom is -0.434 e. The Labute approximate surface area is 69.6 Å². The summed E-state index contributed by atoms with van der Waals surface area (Å²) in [6.07, 6.45) is -1.31. The molecule has 1 heterocycles. The third-order valence-electron chi connectivity index (χ3n) is 1.48. The van der Waals surface area contributed by atoms with Gasteiger partial charge < -0.3 is 14.2 Å². The lowest BCUT2D eigenvalue weighted by atomic mass is 10.1. The monoisotopic (exact) mass is 174 g/mol. The van der Waals surface area contributed by atoms with E-state index in [2.05, 4.69) is 14.2 Å². The molecule has 0 aromatic heterocycles. The minimum absolute atomic E-state index is 0.184. The second-order valence-corrected chi connectivity index (χ2v) is 2.66. The van der Waals surface area contributed by atoms with Crippen molar-refractivity contribution < 1.29 is 23.8 Å². The molecule has 0 radical (unpaired) electrons. The topological polar surface area (TPSA) is 61.8 Å². The lowest BCUT2D eigenvalue weighted by molar-refractivity contribution is 0.0447. The molecule has 1 unspecified atom stereocenters. The van der Waals surface area contributed by atoms with E-state index in [1.54, 1.807) is 0 Å². The van der Waals surface area contributed by atoms with Gasteiger partial charge in [-0.3, -0.25) is 0 Å². The SMILES string of the molecule is CC1CCOC(=O)OC(=O)OC1. The van der Waals surface area contributed by atoms with Gasteiger partial charge in [0.1, 0.15) is 0 Å². The molecule has 0 aromatic carbocycles. The molecular weight excluding hydrogens is 164 g/mol. The molecule has 1 fully saturated rings. The molecule has 1 saturated heterocycles. The normalized spacial score (nSPS) is 25.6. The van der Waals surface area contributed by atoms with Gasteiger partial charge in [0, 0.05) is 0 Å². The van der Waals surface area contributed by atoms with Crippen molar-refractivity contribution in [1.29, 1.82) is 0 Å². The molecule has 68 valence electrons. The van der Waals surface area contributed by atoms with Gasteiger partial charge in [-0.05, 0) is 12.3 Å². The molecule has 12 heavy (non-hydrogen) atoms. The van der Waals surface area contributed by atoms with Crippen LogP contribution < -0.4 is 0 Å². The van der Waals surface area contributed by atoms with Crippen molar-refractivity contribution >= 4 is 12.3 Å². The number of rotatable bonds is 0. The van der Waals surface area contributed by atoms with E-state index in [1.807, 2.05) is 6.92 Å². The Kier molecular flexibility index (Phi) is 2.90. The first-order chi connectivity index (χ1) is 5.68. The van der Waals surface area contributed by atoms with Gasteiger partial charge in [-0.25, -0.2) is 9.59 Å². The van der Waals surface area contributed by atoms with Crippen LogP contribution in [0, 0.1) is 5.92 Å². The number of carbonyl (C=O) groups excluding carboxylic acids is 2. The Morgan fingerprint density at radius 1 is 1.25 bits per heavy atom. The van der Waals surface area contributed by atoms with E-state index in [0.29, 0.717) is 6.42 Å². The Balaban J connectivity index is 2.47. The highest BCUT2D eigenvalue weighted by Gasteiger charge is 2.17. The molecule has 0 saturated carbocycles. The Bertz CT molecular complexity index is 188. The zero-order valence-electron chi connectivity index (χ0n) is 6.74. The van der Waals surface area contributed by atoms with Gasteiger partial charge >= 0.3 is 12.3 Å². The van der Waals surface area contributed by atoms with Crippen molar-refractivity contribution in [2.75, 3.05) is 13.2 Å². The molecule has 0 aromatic rings. The summed E-state index contributed by atoms with van der Waals surface area (Å²) >= 11 is 0. The smallest absolute Gasteiger partial charge is 0.434 e. The van der Waals surface area contributed by atoms with Crippen molar-refractivity contribution in [3.8, 4) is 0 Å². The average Bonchev–Trinajstić information content (AvgIpc) is 2.05. The van der Waals surface area contributed by atoms with Crippen molar-refractivity contribution in [3.05, 3.63) is 0 Å². The Morgan fingerprint density at radius 2 is 1.92 bits per heavy atom. The van der Waals surface area contributed by atoms with Crippen LogP contribution in [0.2, 0.25) is 0 Å². The summed E-state index contributed by atoms with van der Waals surface area (Å²) in [5.41, 5.74) is 0. The van der Waals surface area contributed by atoms with Crippen LogP contribution in [0.4, 0.5) is 9.59 Å². The first kappa shape index (κ1) is 8.83. The molecule has 0 aliphatic carbocycles. The predicted molar refractivity (Wildman–Crippen MR) is 37.6 cm³/mol. The number of hydrogen-bond donors (Lipinski definition) is 0. The third-order valence-corrected chi connectivity index (χ3v) is 1.48. The summed E-state index contributed by atoms with van der Waals surface area (Å²) in [7, 11) is 0. The first-order valence-electron chi connectivity index (χ1n) is 3.70. The molecule has 1 atom stereocenters. The van der Waals surface area contributed by atoms with Crippen LogP contribution in [0.25, 0.3) is 0 Å². The first-order valence-corrected chi connectivity index (χ1v) is 3.70. The summed E-state index contributed by atoms with van der Waals surface area (Å²) in [4.78, 5) is 21.2. The molecule has 1 aliphatic heterocycles. The largest absolute Gasteiger partial charge is 0.518 e. The van der Waals surface area contributed by atoms with E-state index in [0.717, 1.165) is 0 Å². The highest BCUT2D eigenvalue weighted by molar-refractivity contribution is 5.76. The van der Waals surface area contributed by atoms with Crippen molar-refractivity contribution in [2.45, 2.75) is 13.3 Å². The fraction of sp³-hybridized carbons (Fsp3) is 0.714. The van der Waals surface area contributed by atoms with Crippen molar-refractivity contribution in [3.63, 3.8) is 0 Å². The van der Waals surface area contributed by atoms with E-state index in [-0.39, 0.29) is 19.1 Å². The fourth-order valence-corrected chi connectivity index (χ4v) is 0.764. The van der Waals surface area contributed by atoms with E-state index >= 15 is 0 Å². The molecule has 0 bridgehead atoms. The van der Waals surface area contributed by atoms with Gasteiger partial charge in [0.15, 0.2) is 0 Å². The van der Waals surface area contributed by atoms with Gasteiger partial charge in [-0.15, -0.1) is 0 Å². The molecule has 5 heteroatoms. The average molecular weight is 174 g/mol. The third kappa shape index (κ3) is 2.77. The molecule has 0 spiro atoms. The van der Waals surface area contributed by atoms with Crippen LogP contribution >= 0.6 is 0 Å². The zero-order valence-corrected chi connectivity index (χ0v) is 6.74. The molecule has 5 nitrogen and oxygen atoms in total. The van der Waals surface area contributed by atoms with Crippen LogP contribution in [0.15, 0.2) is 0 Å². The molecule has 0 amide bonds.